The van der Waals surface area contributed by atoms with Gasteiger partial charge in [-0.2, -0.15) is 0 Å². The van der Waals surface area contributed by atoms with Crippen LogP contribution in [0.2, 0.25) is 0 Å². The molecule has 0 rings (SSSR count). The van der Waals surface area contributed by atoms with Gasteiger partial charge in [-0.25, -0.2) is 0 Å². The van der Waals surface area contributed by atoms with Crippen molar-refractivity contribution in [2.45, 2.75) is 66.9 Å². The van der Waals surface area contributed by atoms with Crippen molar-refractivity contribution in [3.63, 3.8) is 0 Å². The normalized spacial score (nSPS) is 11.6. The van der Waals surface area contributed by atoms with Gasteiger partial charge in [0.1, 0.15) is 0 Å². The van der Waals surface area contributed by atoms with Crippen molar-refractivity contribution in [3.8, 4) is 0 Å². The van der Waals surface area contributed by atoms with E-state index in [0.29, 0.717) is 0 Å². The van der Waals surface area contributed by atoms with Crippen molar-refractivity contribution in [3.05, 3.63) is 0 Å². The molecule has 0 spiro atoms. The van der Waals surface area contributed by atoms with Gasteiger partial charge in [0.25, 0.3) is 0 Å². The molecule has 0 aromatic rings. The van der Waals surface area contributed by atoms with Gasteiger partial charge in [0.15, 0.2) is 0 Å². The zero-order valence-electron chi connectivity index (χ0n) is 10.6. The zero-order chi connectivity index (χ0) is 11.6. The van der Waals surface area contributed by atoms with Crippen molar-refractivity contribution in [1.29, 1.82) is 0 Å². The van der Waals surface area contributed by atoms with Gasteiger partial charge in [-0.15, -0.1) is 0 Å². The van der Waals surface area contributed by atoms with Crippen LogP contribution < -0.4 is 0 Å². The first-order chi connectivity index (χ1) is 6.61. The number of carbonyl (C=O) groups is 1. The van der Waals surface area contributed by atoms with Gasteiger partial charge in [-0.05, 0) is 26.7 Å². The summed E-state index contributed by atoms with van der Waals surface area (Å²) in [5.74, 6) is 0.0757. The molecule has 0 bridgehead atoms. The third-order valence-corrected chi connectivity index (χ3v) is 1.82. The number of esters is 1. The predicted octanol–water partition coefficient (Wildman–Crippen LogP) is 3.79. The molecule has 0 fully saturated rings. The molecule has 14 heavy (non-hydrogen) atoms. The Labute approximate surface area is 89.0 Å². The molecule has 0 saturated carbocycles. The van der Waals surface area contributed by atoms with Gasteiger partial charge in [0, 0.05) is 0 Å². The van der Waals surface area contributed by atoms with E-state index in [0.717, 1.165) is 19.3 Å². The molecular weight excluding hydrogens is 176 g/mol. The molecule has 0 aliphatic carbocycles. The third-order valence-electron chi connectivity index (χ3n) is 1.82. The highest BCUT2D eigenvalue weighted by Gasteiger charge is 2.17. The molecule has 0 heterocycles. The number of ether oxygens (including phenoxy) is 1. The van der Waals surface area contributed by atoms with E-state index < -0.39 is 0 Å². The fourth-order valence-electron chi connectivity index (χ4n) is 1.17. The van der Waals surface area contributed by atoms with Crippen molar-refractivity contribution < 1.29 is 9.53 Å². The van der Waals surface area contributed by atoms with Gasteiger partial charge in [0.05, 0.1) is 12.0 Å². The van der Waals surface area contributed by atoms with E-state index in [1.165, 1.54) is 0 Å². The minimum absolute atomic E-state index is 0.0170. The Morgan fingerprint density at radius 3 is 2.00 bits per heavy atom. The molecule has 2 heteroatoms. The maximum Gasteiger partial charge on any atom is 0.309 e. The number of rotatable bonds is 5. The Morgan fingerprint density at radius 1 is 1.21 bits per heavy atom. The average molecular weight is 202 g/mol. The molecule has 0 saturated heterocycles. The van der Waals surface area contributed by atoms with Crippen LogP contribution in [-0.4, -0.2) is 12.1 Å². The Kier molecular flexibility index (Phi) is 12.0. The summed E-state index contributed by atoms with van der Waals surface area (Å²) >= 11 is 0. The standard InChI is InChI=1S/C10H20O2.C2H6/c1-5-7-9(6-2)10(11)12-8(3)4;1-2/h8-9H,5-7H2,1-4H3;1-2H3. The first kappa shape index (κ1) is 15.9. The van der Waals surface area contributed by atoms with Crippen LogP contribution in [0.25, 0.3) is 0 Å². The fraction of sp³-hybridized carbons (Fsp3) is 0.917. The fourth-order valence-corrected chi connectivity index (χ4v) is 1.17. The van der Waals surface area contributed by atoms with Crippen LogP contribution in [0.1, 0.15) is 60.8 Å². The summed E-state index contributed by atoms with van der Waals surface area (Å²) in [5.41, 5.74) is 0. The minimum Gasteiger partial charge on any atom is -0.463 e. The first-order valence-corrected chi connectivity index (χ1v) is 5.82. The molecule has 1 unspecified atom stereocenters. The van der Waals surface area contributed by atoms with Crippen LogP contribution >= 0.6 is 0 Å². The lowest BCUT2D eigenvalue weighted by Crippen LogP contribution is -2.20. The Morgan fingerprint density at radius 2 is 1.71 bits per heavy atom. The summed E-state index contributed by atoms with van der Waals surface area (Å²) in [6, 6.07) is 0. The Hall–Kier alpha value is -0.530. The van der Waals surface area contributed by atoms with Crippen LogP contribution in [0, 0.1) is 5.92 Å². The molecule has 1 atom stereocenters. The van der Waals surface area contributed by atoms with E-state index >= 15 is 0 Å². The summed E-state index contributed by atoms with van der Waals surface area (Å²) in [6.45, 7) is 11.9. The molecular formula is C12H26O2. The second-order valence-electron chi connectivity index (χ2n) is 3.38. The molecule has 0 aromatic carbocycles. The molecule has 0 N–H and O–H groups in total. The Balaban J connectivity index is 0. The van der Waals surface area contributed by atoms with Crippen molar-refractivity contribution in [1.82, 2.24) is 0 Å². The van der Waals surface area contributed by atoms with Gasteiger partial charge in [0.2, 0.25) is 0 Å². The topological polar surface area (TPSA) is 26.3 Å². The highest BCUT2D eigenvalue weighted by molar-refractivity contribution is 5.72. The maximum absolute atomic E-state index is 11.4. The van der Waals surface area contributed by atoms with Crippen molar-refractivity contribution in [2.75, 3.05) is 0 Å². The van der Waals surface area contributed by atoms with Crippen LogP contribution in [0.15, 0.2) is 0 Å². The highest BCUT2D eigenvalue weighted by Crippen LogP contribution is 2.13. The minimum atomic E-state index is -0.0330. The number of hydrogen-bond acceptors (Lipinski definition) is 2. The lowest BCUT2D eigenvalue weighted by Gasteiger charge is -2.14. The Bertz CT molecular complexity index is 130. The average Bonchev–Trinajstić information content (AvgIpc) is 2.16. The van der Waals surface area contributed by atoms with Crippen LogP contribution in [-0.2, 0) is 9.53 Å². The van der Waals surface area contributed by atoms with E-state index in [-0.39, 0.29) is 18.0 Å². The van der Waals surface area contributed by atoms with E-state index in [4.69, 9.17) is 4.74 Å². The van der Waals surface area contributed by atoms with E-state index in [1.54, 1.807) is 0 Å². The zero-order valence-corrected chi connectivity index (χ0v) is 10.6. The summed E-state index contributed by atoms with van der Waals surface area (Å²) in [4.78, 5) is 11.4. The van der Waals surface area contributed by atoms with Crippen molar-refractivity contribution >= 4 is 5.97 Å². The molecule has 2 nitrogen and oxygen atoms in total. The largest absolute Gasteiger partial charge is 0.463 e. The molecule has 0 radical (unpaired) electrons. The summed E-state index contributed by atoms with van der Waals surface area (Å²) < 4.78 is 5.12. The lowest BCUT2D eigenvalue weighted by atomic mass is 10.0. The van der Waals surface area contributed by atoms with Gasteiger partial charge in [-0.3, -0.25) is 4.79 Å². The van der Waals surface area contributed by atoms with E-state index in [9.17, 15) is 4.79 Å². The molecule has 0 aliphatic rings. The smallest absolute Gasteiger partial charge is 0.309 e. The third kappa shape index (κ3) is 8.09. The summed E-state index contributed by atoms with van der Waals surface area (Å²) in [6.07, 6.45) is 2.90. The molecule has 0 aromatic heterocycles. The molecule has 0 aliphatic heterocycles. The number of carbonyl (C=O) groups excluding carboxylic acids is 1. The molecule has 0 amide bonds. The van der Waals surface area contributed by atoms with Crippen molar-refractivity contribution in [2.24, 2.45) is 5.92 Å². The quantitative estimate of drug-likeness (QED) is 0.634. The SMILES string of the molecule is CC.CCCC(CC)C(=O)OC(C)C. The van der Waals surface area contributed by atoms with Gasteiger partial charge >= 0.3 is 5.97 Å². The summed E-state index contributed by atoms with van der Waals surface area (Å²) in [7, 11) is 0. The van der Waals surface area contributed by atoms with E-state index in [1.807, 2.05) is 34.6 Å². The highest BCUT2D eigenvalue weighted by atomic mass is 16.5. The first-order valence-electron chi connectivity index (χ1n) is 5.82. The molecule has 86 valence electrons. The van der Waals surface area contributed by atoms with Crippen LogP contribution in [0.5, 0.6) is 0 Å². The maximum atomic E-state index is 11.4. The second kappa shape index (κ2) is 10.6. The number of hydrogen-bond donors (Lipinski definition) is 0. The van der Waals surface area contributed by atoms with Crippen LogP contribution in [0.3, 0.4) is 0 Å². The van der Waals surface area contributed by atoms with Crippen LogP contribution in [0.4, 0.5) is 0 Å². The monoisotopic (exact) mass is 202 g/mol. The van der Waals surface area contributed by atoms with Gasteiger partial charge < -0.3 is 4.74 Å². The van der Waals surface area contributed by atoms with E-state index in [2.05, 4.69) is 6.92 Å². The lowest BCUT2D eigenvalue weighted by molar-refractivity contribution is -0.152. The summed E-state index contributed by atoms with van der Waals surface area (Å²) in [5, 5.41) is 0. The second-order valence-corrected chi connectivity index (χ2v) is 3.38. The van der Waals surface area contributed by atoms with Gasteiger partial charge in [-0.1, -0.05) is 34.1 Å². The predicted molar refractivity (Wildman–Crippen MR) is 61.3 cm³/mol.